The fraction of sp³-hybridized carbons (Fsp3) is 0.176. The van der Waals surface area contributed by atoms with Gasteiger partial charge in [0.05, 0.1) is 11.0 Å². The molecule has 1 heterocycles. The Hall–Kier alpha value is -2.53. The van der Waals surface area contributed by atoms with Crippen molar-refractivity contribution < 1.29 is 4.79 Å². The molecular weight excluding hydrogens is 312 g/mol. The van der Waals surface area contributed by atoms with Gasteiger partial charge in [-0.3, -0.25) is 0 Å². The first-order chi connectivity index (χ1) is 11.2. The van der Waals surface area contributed by atoms with Gasteiger partial charge in [-0.2, -0.15) is 0 Å². The molecule has 0 unspecified atom stereocenters. The number of urea groups is 1. The smallest absolute Gasteiger partial charge is 0.319 e. The number of halogens is 1. The number of benzene rings is 2. The van der Waals surface area contributed by atoms with E-state index in [1.165, 1.54) is 5.56 Å². The molecule has 5 nitrogen and oxygen atoms in total. The molecule has 0 atom stereocenters. The summed E-state index contributed by atoms with van der Waals surface area (Å²) in [5, 5.41) is 5.99. The lowest BCUT2D eigenvalue weighted by Gasteiger charge is -2.07. The van der Waals surface area contributed by atoms with Crippen LogP contribution in [0.3, 0.4) is 0 Å². The first-order valence-corrected chi connectivity index (χ1v) is 7.82. The van der Waals surface area contributed by atoms with E-state index in [9.17, 15) is 4.79 Å². The van der Waals surface area contributed by atoms with Crippen molar-refractivity contribution in [1.82, 2.24) is 15.3 Å². The fourth-order valence-electron chi connectivity index (χ4n) is 2.37. The number of hydrogen-bond donors (Lipinski definition) is 3. The van der Waals surface area contributed by atoms with E-state index in [4.69, 9.17) is 11.6 Å². The summed E-state index contributed by atoms with van der Waals surface area (Å²) in [6.45, 7) is 0.624. The Balaban J connectivity index is 1.46. The van der Waals surface area contributed by atoms with Crippen molar-refractivity contribution in [2.75, 3.05) is 11.9 Å². The number of hydrogen-bond acceptors (Lipinski definition) is 2. The fourth-order valence-corrected chi connectivity index (χ4v) is 2.56. The molecule has 0 radical (unpaired) electrons. The number of aryl methyl sites for hydroxylation is 1. The standard InChI is InChI=1S/C17H17ClN4O/c18-16-21-14-9-8-13(11-15(14)22-16)20-17(23)19-10-4-7-12-5-2-1-3-6-12/h1-3,5-6,8-9,11H,4,7,10H2,(H,21,22)(H2,19,20,23). The number of nitrogens with zero attached hydrogens (tertiary/aromatic N) is 1. The number of rotatable bonds is 5. The Kier molecular flexibility index (Phi) is 4.78. The molecule has 0 bridgehead atoms. The zero-order valence-corrected chi connectivity index (χ0v) is 13.2. The number of fused-ring (bicyclic) bond motifs is 1. The number of aromatic amines is 1. The summed E-state index contributed by atoms with van der Waals surface area (Å²) in [4.78, 5) is 18.9. The van der Waals surface area contributed by atoms with Gasteiger partial charge >= 0.3 is 6.03 Å². The highest BCUT2D eigenvalue weighted by Gasteiger charge is 2.05. The van der Waals surface area contributed by atoms with Gasteiger partial charge in [-0.25, -0.2) is 9.78 Å². The van der Waals surface area contributed by atoms with Gasteiger partial charge in [-0.1, -0.05) is 30.3 Å². The normalized spacial score (nSPS) is 10.7. The van der Waals surface area contributed by atoms with E-state index in [0.29, 0.717) is 17.5 Å². The van der Waals surface area contributed by atoms with Crippen LogP contribution < -0.4 is 10.6 Å². The third kappa shape index (κ3) is 4.23. The second kappa shape index (κ2) is 7.15. The molecule has 0 spiro atoms. The SMILES string of the molecule is O=C(NCCCc1ccccc1)Nc1ccc2nc(Cl)[nH]c2c1. The average molecular weight is 329 g/mol. The van der Waals surface area contributed by atoms with E-state index in [0.717, 1.165) is 23.9 Å². The number of aromatic nitrogens is 2. The summed E-state index contributed by atoms with van der Waals surface area (Å²) in [7, 11) is 0. The van der Waals surface area contributed by atoms with Crippen LogP contribution in [0, 0.1) is 0 Å². The molecule has 6 heteroatoms. The Labute approximate surface area is 139 Å². The molecular formula is C17H17ClN4O. The molecule has 1 aromatic heterocycles. The van der Waals surface area contributed by atoms with Crippen LogP contribution >= 0.6 is 11.6 Å². The molecule has 0 aliphatic heterocycles. The number of carbonyl (C=O) groups is 1. The molecule has 0 saturated carbocycles. The van der Waals surface area contributed by atoms with Crippen LogP contribution in [0.25, 0.3) is 11.0 Å². The number of imidazole rings is 1. The molecule has 0 saturated heterocycles. The molecule has 2 amide bonds. The minimum Gasteiger partial charge on any atom is -0.338 e. The van der Waals surface area contributed by atoms with Crippen LogP contribution in [0.15, 0.2) is 48.5 Å². The summed E-state index contributed by atoms with van der Waals surface area (Å²) < 4.78 is 0. The van der Waals surface area contributed by atoms with Crippen LogP contribution in [-0.4, -0.2) is 22.5 Å². The minimum atomic E-state index is -0.219. The molecule has 0 fully saturated rings. The van der Waals surface area contributed by atoms with Gasteiger partial charge in [-0.05, 0) is 48.2 Å². The molecule has 118 valence electrons. The van der Waals surface area contributed by atoms with E-state index in [1.54, 1.807) is 12.1 Å². The molecule has 23 heavy (non-hydrogen) atoms. The highest BCUT2D eigenvalue weighted by atomic mass is 35.5. The van der Waals surface area contributed by atoms with E-state index in [1.807, 2.05) is 24.3 Å². The lowest BCUT2D eigenvalue weighted by molar-refractivity contribution is 0.252. The van der Waals surface area contributed by atoms with Crippen molar-refractivity contribution in [3.8, 4) is 0 Å². The van der Waals surface area contributed by atoms with Crippen molar-refractivity contribution in [2.45, 2.75) is 12.8 Å². The summed E-state index contributed by atoms with van der Waals surface area (Å²) in [6, 6.07) is 15.4. The zero-order chi connectivity index (χ0) is 16.1. The molecule has 3 N–H and O–H groups in total. The highest BCUT2D eigenvalue weighted by molar-refractivity contribution is 6.29. The molecule has 3 aromatic rings. The number of carbonyl (C=O) groups excluding carboxylic acids is 1. The first-order valence-electron chi connectivity index (χ1n) is 7.45. The number of amides is 2. The van der Waals surface area contributed by atoms with Crippen molar-refractivity contribution in [1.29, 1.82) is 0 Å². The first kappa shape index (κ1) is 15.4. The Morgan fingerprint density at radius 1 is 1.17 bits per heavy atom. The Morgan fingerprint density at radius 3 is 2.83 bits per heavy atom. The maximum Gasteiger partial charge on any atom is 0.319 e. The zero-order valence-electron chi connectivity index (χ0n) is 12.5. The predicted molar refractivity (Wildman–Crippen MR) is 92.9 cm³/mol. The Bertz CT molecular complexity index is 801. The summed E-state index contributed by atoms with van der Waals surface area (Å²) >= 11 is 5.81. The van der Waals surface area contributed by atoms with Crippen LogP contribution in [0.2, 0.25) is 5.28 Å². The van der Waals surface area contributed by atoms with E-state index >= 15 is 0 Å². The van der Waals surface area contributed by atoms with Gasteiger partial charge in [0.15, 0.2) is 0 Å². The average Bonchev–Trinajstić information content (AvgIpc) is 2.92. The number of nitrogens with one attached hydrogen (secondary N) is 3. The lowest BCUT2D eigenvalue weighted by atomic mass is 10.1. The van der Waals surface area contributed by atoms with Gasteiger partial charge < -0.3 is 15.6 Å². The van der Waals surface area contributed by atoms with Gasteiger partial charge in [0.25, 0.3) is 0 Å². The van der Waals surface area contributed by atoms with Crippen LogP contribution in [0.5, 0.6) is 0 Å². The second-order valence-corrected chi connectivity index (χ2v) is 5.59. The van der Waals surface area contributed by atoms with Crippen molar-refractivity contribution in [2.24, 2.45) is 0 Å². The summed E-state index contributed by atoms with van der Waals surface area (Å²) in [5.74, 6) is 0. The highest BCUT2D eigenvalue weighted by Crippen LogP contribution is 2.18. The lowest BCUT2D eigenvalue weighted by Crippen LogP contribution is -2.29. The monoisotopic (exact) mass is 328 g/mol. The minimum absolute atomic E-state index is 0.219. The number of anilines is 1. The van der Waals surface area contributed by atoms with Crippen LogP contribution in [0.4, 0.5) is 10.5 Å². The second-order valence-electron chi connectivity index (χ2n) is 5.23. The van der Waals surface area contributed by atoms with E-state index < -0.39 is 0 Å². The van der Waals surface area contributed by atoms with Crippen molar-refractivity contribution in [3.63, 3.8) is 0 Å². The topological polar surface area (TPSA) is 69.8 Å². The molecule has 2 aromatic carbocycles. The van der Waals surface area contributed by atoms with Crippen LogP contribution in [-0.2, 0) is 6.42 Å². The van der Waals surface area contributed by atoms with E-state index in [2.05, 4.69) is 32.7 Å². The van der Waals surface area contributed by atoms with Crippen LogP contribution in [0.1, 0.15) is 12.0 Å². The maximum atomic E-state index is 11.9. The largest absolute Gasteiger partial charge is 0.338 e. The molecule has 0 aliphatic rings. The predicted octanol–water partition coefficient (Wildman–Crippen LogP) is 3.97. The van der Waals surface area contributed by atoms with Crippen molar-refractivity contribution >= 4 is 34.4 Å². The third-order valence-electron chi connectivity index (χ3n) is 3.48. The number of H-pyrrole nitrogens is 1. The van der Waals surface area contributed by atoms with Gasteiger partial charge in [-0.15, -0.1) is 0 Å². The van der Waals surface area contributed by atoms with Gasteiger partial charge in [0.1, 0.15) is 0 Å². The molecule has 0 aliphatic carbocycles. The third-order valence-corrected chi connectivity index (χ3v) is 3.66. The van der Waals surface area contributed by atoms with Gasteiger partial charge in [0.2, 0.25) is 5.28 Å². The van der Waals surface area contributed by atoms with E-state index in [-0.39, 0.29) is 6.03 Å². The maximum absolute atomic E-state index is 11.9. The summed E-state index contributed by atoms with van der Waals surface area (Å²) in [5.41, 5.74) is 3.52. The quantitative estimate of drug-likeness (QED) is 0.620. The van der Waals surface area contributed by atoms with Crippen molar-refractivity contribution in [3.05, 3.63) is 59.4 Å². The summed E-state index contributed by atoms with van der Waals surface area (Å²) in [6.07, 6.45) is 1.84. The van der Waals surface area contributed by atoms with Gasteiger partial charge in [0, 0.05) is 12.2 Å². The molecule has 3 rings (SSSR count). The Morgan fingerprint density at radius 2 is 2.00 bits per heavy atom.